The molecule has 8 nitrogen and oxygen atoms in total. The minimum absolute atomic E-state index is 0.295. The van der Waals surface area contributed by atoms with Crippen molar-refractivity contribution in [2.45, 2.75) is 41.5 Å². The number of hydrogen-bond acceptors (Lipinski definition) is 6. The molecule has 1 aromatic heterocycles. The summed E-state index contributed by atoms with van der Waals surface area (Å²) in [6, 6.07) is 16.6. The van der Waals surface area contributed by atoms with E-state index >= 15 is 0 Å². The van der Waals surface area contributed by atoms with Crippen LogP contribution in [0.5, 0.6) is 0 Å². The fourth-order valence-electron chi connectivity index (χ4n) is 5.79. The Morgan fingerprint density at radius 1 is 0.571 bits per heavy atom. The van der Waals surface area contributed by atoms with Gasteiger partial charge in [0.1, 0.15) is 11.5 Å². The lowest BCUT2D eigenvalue weighted by atomic mass is 10.1. The molecule has 2 aliphatic heterocycles. The minimum Gasteiger partial charge on any atom is -0.292 e. The van der Waals surface area contributed by atoms with Gasteiger partial charge in [0.25, 0.3) is 5.91 Å². The highest BCUT2D eigenvalue weighted by Crippen LogP contribution is 2.49. The summed E-state index contributed by atoms with van der Waals surface area (Å²) in [6.07, 6.45) is 3.60. The highest BCUT2D eigenvalue weighted by molar-refractivity contribution is 6.11. The van der Waals surface area contributed by atoms with Crippen molar-refractivity contribution in [1.29, 1.82) is 0 Å². The van der Waals surface area contributed by atoms with E-state index in [1.807, 2.05) is 6.08 Å². The second-order valence-corrected chi connectivity index (χ2v) is 11.4. The highest BCUT2D eigenvalue weighted by Gasteiger charge is 2.39. The standard InChI is InChI=1S/C34H34N6O2/c1-19-11-20(2)14-25(13-19)39-30(10-9-29-33(41)38(8)34(42)37(29)7)40(26-15-21(3)12-22(4)16-26)32-31(39)35-27-17-23(5)24(6)18-28(27)36-32/h9-18H,1-8H3/b29-9-. The van der Waals surface area contributed by atoms with E-state index < -0.39 is 0 Å². The molecule has 0 unspecified atom stereocenters. The zero-order valence-electron chi connectivity index (χ0n) is 25.3. The average molecular weight is 559 g/mol. The van der Waals surface area contributed by atoms with Crippen LogP contribution in [0.15, 0.2) is 72.2 Å². The van der Waals surface area contributed by atoms with Crippen LogP contribution >= 0.6 is 0 Å². The molecule has 1 saturated heterocycles. The van der Waals surface area contributed by atoms with Crippen LogP contribution in [0.25, 0.3) is 11.0 Å². The van der Waals surface area contributed by atoms with Gasteiger partial charge in [-0.25, -0.2) is 14.8 Å². The van der Waals surface area contributed by atoms with Gasteiger partial charge < -0.3 is 0 Å². The molecule has 2 aliphatic rings. The molecule has 0 N–H and O–H groups in total. The molecule has 0 aliphatic carbocycles. The fourth-order valence-corrected chi connectivity index (χ4v) is 5.79. The average Bonchev–Trinajstić information content (AvgIpc) is 3.31. The van der Waals surface area contributed by atoms with E-state index in [0.29, 0.717) is 17.3 Å². The predicted molar refractivity (Wildman–Crippen MR) is 167 cm³/mol. The summed E-state index contributed by atoms with van der Waals surface area (Å²) in [4.78, 5) is 42.6. The van der Waals surface area contributed by atoms with Crippen LogP contribution in [0.1, 0.15) is 33.4 Å². The number of allylic oxidation sites excluding steroid dienone is 2. The summed E-state index contributed by atoms with van der Waals surface area (Å²) < 4.78 is 0. The van der Waals surface area contributed by atoms with Crippen LogP contribution in [0.3, 0.4) is 0 Å². The first kappa shape index (κ1) is 27.2. The quantitative estimate of drug-likeness (QED) is 0.199. The highest BCUT2D eigenvalue weighted by atomic mass is 16.2. The first-order valence-corrected chi connectivity index (χ1v) is 14.0. The number of urea groups is 1. The number of aromatic nitrogens is 2. The summed E-state index contributed by atoms with van der Waals surface area (Å²) in [5.74, 6) is 1.79. The summed E-state index contributed by atoms with van der Waals surface area (Å²) >= 11 is 0. The number of amides is 3. The monoisotopic (exact) mass is 558 g/mol. The molecule has 1 fully saturated rings. The number of carbonyl (C=O) groups is 2. The molecular formula is C34H34N6O2. The van der Waals surface area contributed by atoms with Crippen molar-refractivity contribution in [3.8, 4) is 0 Å². The van der Waals surface area contributed by atoms with Gasteiger partial charge in [-0.05, 0) is 123 Å². The Morgan fingerprint density at radius 3 is 1.38 bits per heavy atom. The second kappa shape index (κ2) is 9.83. The number of anilines is 4. The summed E-state index contributed by atoms with van der Waals surface area (Å²) in [5, 5.41) is 0. The van der Waals surface area contributed by atoms with E-state index in [4.69, 9.17) is 9.97 Å². The van der Waals surface area contributed by atoms with Crippen molar-refractivity contribution < 1.29 is 9.59 Å². The number of likely N-dealkylation sites (N-methyl/N-ethyl adjacent to an activating group) is 2. The van der Waals surface area contributed by atoms with Crippen molar-refractivity contribution in [1.82, 2.24) is 19.8 Å². The summed E-state index contributed by atoms with van der Waals surface area (Å²) in [7, 11) is 3.11. The summed E-state index contributed by atoms with van der Waals surface area (Å²) in [6.45, 7) is 12.5. The molecule has 0 spiro atoms. The Bertz CT molecular complexity index is 1740. The van der Waals surface area contributed by atoms with Crippen LogP contribution in [0.2, 0.25) is 0 Å². The molecule has 0 saturated carbocycles. The third-order valence-corrected chi connectivity index (χ3v) is 7.90. The van der Waals surface area contributed by atoms with Crippen LogP contribution in [0.4, 0.5) is 27.8 Å². The van der Waals surface area contributed by atoms with Gasteiger partial charge in [-0.15, -0.1) is 0 Å². The molecule has 8 heteroatoms. The molecule has 0 bridgehead atoms. The topological polar surface area (TPSA) is 72.9 Å². The molecule has 3 aromatic carbocycles. The summed E-state index contributed by atoms with van der Waals surface area (Å²) in [5.41, 5.74) is 10.5. The van der Waals surface area contributed by atoms with Gasteiger partial charge in [0, 0.05) is 25.5 Å². The zero-order chi connectivity index (χ0) is 30.0. The van der Waals surface area contributed by atoms with Crippen molar-refractivity contribution in [3.63, 3.8) is 0 Å². The maximum atomic E-state index is 13.0. The molecular weight excluding hydrogens is 524 g/mol. The Hall–Kier alpha value is -4.98. The molecule has 212 valence electrons. The lowest BCUT2D eigenvalue weighted by Crippen LogP contribution is -2.27. The van der Waals surface area contributed by atoms with Gasteiger partial charge in [-0.2, -0.15) is 0 Å². The molecule has 3 heterocycles. The number of imide groups is 1. The first-order valence-electron chi connectivity index (χ1n) is 14.0. The number of rotatable bonds is 3. The number of hydrogen-bond donors (Lipinski definition) is 0. The fraction of sp³-hybridized carbons (Fsp3) is 0.235. The Morgan fingerprint density at radius 2 is 1.00 bits per heavy atom. The van der Waals surface area contributed by atoms with Crippen molar-refractivity contribution in [2.75, 3.05) is 23.9 Å². The van der Waals surface area contributed by atoms with E-state index in [1.54, 1.807) is 13.1 Å². The Balaban J connectivity index is 1.68. The number of fused-ring (bicyclic) bond motifs is 2. The SMILES string of the molecule is Cc1cc(C)cc(N2C(=C/C=C3/C(=O)N(C)C(=O)N3C)N(c3cc(C)cc(C)c3)c3nc4cc(C)c(C)cc4nc32)c1. The van der Waals surface area contributed by atoms with Crippen LogP contribution < -0.4 is 9.80 Å². The minimum atomic E-state index is -0.364. The van der Waals surface area contributed by atoms with Crippen molar-refractivity contribution in [3.05, 3.63) is 106 Å². The number of carbonyl (C=O) groups excluding carboxylic acids is 2. The third-order valence-electron chi connectivity index (χ3n) is 7.90. The van der Waals surface area contributed by atoms with Gasteiger partial charge in [0.05, 0.1) is 11.0 Å². The predicted octanol–water partition coefficient (Wildman–Crippen LogP) is 7.02. The largest absolute Gasteiger partial charge is 0.331 e. The molecule has 3 amide bonds. The van der Waals surface area contributed by atoms with E-state index in [1.165, 1.54) is 11.9 Å². The number of aryl methyl sites for hydroxylation is 6. The van der Waals surface area contributed by atoms with Crippen LogP contribution in [-0.2, 0) is 4.79 Å². The van der Waals surface area contributed by atoms with Crippen LogP contribution in [0, 0.1) is 41.5 Å². The smallest absolute Gasteiger partial charge is 0.292 e. The number of benzene rings is 3. The van der Waals surface area contributed by atoms with Gasteiger partial charge in [0.2, 0.25) is 0 Å². The zero-order valence-corrected chi connectivity index (χ0v) is 25.3. The van der Waals surface area contributed by atoms with Crippen molar-refractivity contribution in [2.24, 2.45) is 0 Å². The lowest BCUT2D eigenvalue weighted by molar-refractivity contribution is -0.122. The van der Waals surface area contributed by atoms with Crippen LogP contribution in [-0.4, -0.2) is 45.8 Å². The molecule has 6 rings (SSSR count). The van der Waals surface area contributed by atoms with Crippen molar-refractivity contribution >= 4 is 46.0 Å². The third kappa shape index (κ3) is 4.40. The molecule has 0 atom stereocenters. The van der Waals surface area contributed by atoms with Gasteiger partial charge in [0.15, 0.2) is 11.6 Å². The van der Waals surface area contributed by atoms with E-state index in [-0.39, 0.29) is 11.9 Å². The van der Waals surface area contributed by atoms with Gasteiger partial charge in [-0.3, -0.25) is 24.4 Å². The van der Waals surface area contributed by atoms with E-state index in [9.17, 15) is 9.59 Å². The molecule has 42 heavy (non-hydrogen) atoms. The Labute approximate surface area is 246 Å². The van der Waals surface area contributed by atoms with E-state index in [0.717, 1.165) is 66.5 Å². The Kier molecular flexibility index (Phi) is 6.37. The lowest BCUT2D eigenvalue weighted by Gasteiger charge is -2.25. The first-order chi connectivity index (χ1) is 19.9. The van der Waals surface area contributed by atoms with Gasteiger partial charge in [-0.1, -0.05) is 12.1 Å². The number of nitrogens with zero attached hydrogens (tertiary/aromatic N) is 6. The second-order valence-electron chi connectivity index (χ2n) is 11.4. The molecule has 0 radical (unpaired) electrons. The normalized spacial score (nSPS) is 16.0. The maximum absolute atomic E-state index is 13.0. The maximum Gasteiger partial charge on any atom is 0.331 e. The molecule has 4 aromatic rings. The van der Waals surface area contributed by atoms with Gasteiger partial charge >= 0.3 is 6.03 Å². The van der Waals surface area contributed by atoms with E-state index in [2.05, 4.69) is 99.9 Å².